The summed E-state index contributed by atoms with van der Waals surface area (Å²) in [4.78, 5) is 12.6. The molecule has 4 fully saturated rings. The van der Waals surface area contributed by atoms with Crippen molar-refractivity contribution in [2.75, 3.05) is 7.11 Å². The predicted octanol–water partition coefficient (Wildman–Crippen LogP) is 4.48. The van der Waals surface area contributed by atoms with Crippen molar-refractivity contribution in [3.05, 3.63) is 35.9 Å². The normalized spacial score (nSPS) is 42.9. The molecule has 4 aliphatic rings. The van der Waals surface area contributed by atoms with Gasteiger partial charge in [-0.15, -0.1) is 0 Å². The van der Waals surface area contributed by atoms with Gasteiger partial charge in [0.25, 0.3) is 0 Å². The summed E-state index contributed by atoms with van der Waals surface area (Å²) in [6.07, 6.45) is 7.99. The summed E-state index contributed by atoms with van der Waals surface area (Å²) in [5, 5.41) is 0. The summed E-state index contributed by atoms with van der Waals surface area (Å²) in [7, 11) is 1.56. The lowest BCUT2D eigenvalue weighted by Crippen LogP contribution is -2.47. The Morgan fingerprint density at radius 2 is 1.86 bits per heavy atom. The van der Waals surface area contributed by atoms with Crippen LogP contribution in [0.5, 0.6) is 0 Å². The Labute approximate surface area is 133 Å². The second-order valence-corrected chi connectivity index (χ2v) is 8.56. The van der Waals surface area contributed by atoms with Crippen LogP contribution < -0.4 is 0 Å². The minimum atomic E-state index is -0.209. The predicted molar refractivity (Wildman–Crippen MR) is 86.5 cm³/mol. The van der Waals surface area contributed by atoms with Gasteiger partial charge < -0.3 is 4.74 Å². The average molecular weight is 298 g/mol. The number of ether oxygens (including phenoxy) is 1. The molecule has 2 nitrogen and oxygen atoms in total. The lowest BCUT2D eigenvalue weighted by molar-refractivity contribution is -0.160. The van der Waals surface area contributed by atoms with Gasteiger partial charge >= 0.3 is 5.97 Å². The molecule has 0 saturated heterocycles. The molecule has 5 rings (SSSR count). The highest BCUT2D eigenvalue weighted by atomic mass is 16.5. The number of carbonyl (C=O) groups is 1. The van der Waals surface area contributed by atoms with E-state index in [4.69, 9.17) is 4.74 Å². The van der Waals surface area contributed by atoms with Crippen LogP contribution in [-0.2, 0) is 14.9 Å². The van der Waals surface area contributed by atoms with E-state index in [-0.39, 0.29) is 16.8 Å². The van der Waals surface area contributed by atoms with Crippen molar-refractivity contribution in [2.24, 2.45) is 16.7 Å². The fourth-order valence-electron chi connectivity index (χ4n) is 6.49. The van der Waals surface area contributed by atoms with Crippen molar-refractivity contribution in [1.82, 2.24) is 0 Å². The number of carbonyl (C=O) groups excluding carboxylic acids is 1. The molecular formula is C20H26O2. The van der Waals surface area contributed by atoms with Crippen LogP contribution in [0.4, 0.5) is 0 Å². The van der Waals surface area contributed by atoms with Gasteiger partial charge in [-0.3, -0.25) is 4.79 Å². The zero-order valence-corrected chi connectivity index (χ0v) is 13.7. The zero-order valence-electron chi connectivity index (χ0n) is 13.7. The molecule has 2 heteroatoms. The van der Waals surface area contributed by atoms with Gasteiger partial charge in [0.15, 0.2) is 0 Å². The van der Waals surface area contributed by atoms with Gasteiger partial charge in [-0.2, -0.15) is 0 Å². The molecule has 22 heavy (non-hydrogen) atoms. The Hall–Kier alpha value is -1.31. The average Bonchev–Trinajstić information content (AvgIpc) is 2.68. The van der Waals surface area contributed by atoms with Crippen molar-refractivity contribution in [2.45, 2.75) is 57.3 Å². The Balaban J connectivity index is 1.80. The van der Waals surface area contributed by atoms with Gasteiger partial charge in [0.1, 0.15) is 0 Å². The monoisotopic (exact) mass is 298 g/mol. The molecule has 118 valence electrons. The molecule has 0 radical (unpaired) electrons. The molecule has 0 aliphatic heterocycles. The van der Waals surface area contributed by atoms with E-state index in [0.29, 0.717) is 11.3 Å². The van der Waals surface area contributed by atoms with Crippen molar-refractivity contribution >= 4 is 5.97 Å². The minimum absolute atomic E-state index is 0.0502. The Morgan fingerprint density at radius 3 is 2.55 bits per heavy atom. The fourth-order valence-corrected chi connectivity index (χ4v) is 6.49. The molecule has 1 aromatic rings. The fraction of sp³-hybridized carbons (Fsp3) is 0.650. The highest BCUT2D eigenvalue weighted by Gasteiger charge is 2.60. The van der Waals surface area contributed by atoms with Crippen LogP contribution in [-0.4, -0.2) is 13.1 Å². The van der Waals surface area contributed by atoms with E-state index in [1.165, 1.54) is 24.8 Å². The zero-order chi connectivity index (χ0) is 15.4. The molecule has 0 heterocycles. The van der Waals surface area contributed by atoms with E-state index >= 15 is 0 Å². The van der Waals surface area contributed by atoms with Crippen molar-refractivity contribution in [3.63, 3.8) is 0 Å². The third-order valence-electron chi connectivity index (χ3n) is 6.76. The number of hydrogen-bond acceptors (Lipinski definition) is 2. The number of rotatable bonds is 2. The van der Waals surface area contributed by atoms with Crippen LogP contribution in [0.15, 0.2) is 30.3 Å². The number of benzene rings is 1. The molecule has 4 saturated carbocycles. The highest BCUT2D eigenvalue weighted by molar-refractivity contribution is 5.77. The molecule has 4 bridgehead atoms. The van der Waals surface area contributed by atoms with Crippen LogP contribution in [0.1, 0.15) is 57.4 Å². The number of fused-ring (bicyclic) bond motifs is 1. The van der Waals surface area contributed by atoms with Crippen LogP contribution in [0.2, 0.25) is 0 Å². The van der Waals surface area contributed by atoms with E-state index < -0.39 is 0 Å². The number of methoxy groups -OCH3 is 1. The second kappa shape index (κ2) is 4.59. The summed E-state index contributed by atoms with van der Waals surface area (Å²) >= 11 is 0. The second-order valence-electron chi connectivity index (χ2n) is 8.56. The molecule has 4 aliphatic carbocycles. The molecule has 4 atom stereocenters. The van der Waals surface area contributed by atoms with E-state index in [1.54, 1.807) is 7.11 Å². The van der Waals surface area contributed by atoms with E-state index in [0.717, 1.165) is 25.7 Å². The molecule has 0 N–H and O–H groups in total. The van der Waals surface area contributed by atoms with Crippen LogP contribution in [0.25, 0.3) is 0 Å². The summed E-state index contributed by atoms with van der Waals surface area (Å²) in [5.74, 6) is 0.725. The first-order chi connectivity index (χ1) is 10.5. The van der Waals surface area contributed by atoms with E-state index in [9.17, 15) is 4.79 Å². The Morgan fingerprint density at radius 1 is 1.09 bits per heavy atom. The third-order valence-corrected chi connectivity index (χ3v) is 6.76. The maximum atomic E-state index is 12.6. The van der Waals surface area contributed by atoms with Gasteiger partial charge in [-0.05, 0) is 67.3 Å². The van der Waals surface area contributed by atoms with Crippen LogP contribution in [0, 0.1) is 16.7 Å². The smallest absolute Gasteiger partial charge is 0.311 e. The molecule has 0 spiro atoms. The SMILES string of the molecule is COC(=O)C12CC[C@]3(c4ccccc4)CC(C1)C[C@](C)(C2)C3. The standard InChI is InChI=1S/C20H26O2/c1-18-10-15-11-19(13-18,16-6-4-3-5-7-16)8-9-20(12-15,14-18)17(21)22-2/h3-7,15H,8-14H2,1-2H3/t15?,18-,19-,20?/m0/s1. The first kappa shape index (κ1) is 14.3. The molecule has 2 unspecified atom stereocenters. The lowest BCUT2D eigenvalue weighted by atomic mass is 9.51. The van der Waals surface area contributed by atoms with Crippen LogP contribution in [0.3, 0.4) is 0 Å². The summed E-state index contributed by atoms with van der Waals surface area (Å²) in [6.45, 7) is 2.42. The van der Waals surface area contributed by atoms with Gasteiger partial charge in [-0.1, -0.05) is 37.3 Å². The lowest BCUT2D eigenvalue weighted by Gasteiger charge is -2.53. The van der Waals surface area contributed by atoms with Crippen molar-refractivity contribution in [3.8, 4) is 0 Å². The number of esters is 1. The maximum Gasteiger partial charge on any atom is 0.311 e. The third kappa shape index (κ3) is 1.96. The largest absolute Gasteiger partial charge is 0.469 e. The Bertz CT molecular complexity index is 595. The van der Waals surface area contributed by atoms with Crippen LogP contribution >= 0.6 is 0 Å². The topological polar surface area (TPSA) is 26.3 Å². The minimum Gasteiger partial charge on any atom is -0.469 e. The van der Waals surface area contributed by atoms with Gasteiger partial charge in [0.05, 0.1) is 12.5 Å². The summed E-state index contributed by atoms with van der Waals surface area (Å²) in [5.41, 5.74) is 1.86. The quantitative estimate of drug-likeness (QED) is 0.753. The van der Waals surface area contributed by atoms with Gasteiger partial charge in [0, 0.05) is 0 Å². The molecule has 1 aromatic carbocycles. The summed E-state index contributed by atoms with van der Waals surface area (Å²) in [6, 6.07) is 11.1. The molecular weight excluding hydrogens is 272 g/mol. The van der Waals surface area contributed by atoms with Crippen molar-refractivity contribution < 1.29 is 9.53 Å². The maximum absolute atomic E-state index is 12.6. The first-order valence-electron chi connectivity index (χ1n) is 8.63. The van der Waals surface area contributed by atoms with Crippen molar-refractivity contribution in [1.29, 1.82) is 0 Å². The van der Waals surface area contributed by atoms with E-state index in [1.807, 2.05) is 0 Å². The highest BCUT2D eigenvalue weighted by Crippen LogP contribution is 2.66. The number of hydrogen-bond donors (Lipinski definition) is 0. The van der Waals surface area contributed by atoms with E-state index in [2.05, 4.69) is 37.3 Å². The Kier molecular flexibility index (Phi) is 2.99. The van der Waals surface area contributed by atoms with Gasteiger partial charge in [0.2, 0.25) is 0 Å². The molecule has 0 amide bonds. The van der Waals surface area contributed by atoms with Gasteiger partial charge in [-0.25, -0.2) is 0 Å². The molecule has 0 aromatic heterocycles. The summed E-state index contributed by atoms with van der Waals surface area (Å²) < 4.78 is 5.23. The first-order valence-corrected chi connectivity index (χ1v) is 8.63.